The molecule has 37 heavy (non-hydrogen) atoms. The molecule has 2 aromatic rings. The summed E-state index contributed by atoms with van der Waals surface area (Å²) in [4.78, 5) is 20.9. The summed E-state index contributed by atoms with van der Waals surface area (Å²) in [6.45, 7) is 9.21. The molecule has 1 aromatic carbocycles. The maximum Gasteiger partial charge on any atom is 0.253 e. The van der Waals surface area contributed by atoms with Crippen molar-refractivity contribution >= 4 is 11.7 Å². The summed E-state index contributed by atoms with van der Waals surface area (Å²) in [5.41, 5.74) is 2.18. The average Bonchev–Trinajstić information content (AvgIpc) is 3.32. The molecule has 0 aliphatic carbocycles. The number of anilines is 1. The van der Waals surface area contributed by atoms with Crippen LogP contribution >= 0.6 is 0 Å². The number of ether oxygens (including phenoxy) is 2. The van der Waals surface area contributed by atoms with Crippen LogP contribution in [-0.2, 0) is 4.79 Å². The molecule has 2 aliphatic rings. The van der Waals surface area contributed by atoms with Gasteiger partial charge in [-0.05, 0) is 56.0 Å². The van der Waals surface area contributed by atoms with E-state index in [1.54, 1.807) is 14.0 Å². The van der Waals surface area contributed by atoms with Gasteiger partial charge in [0.05, 0.1) is 32.4 Å². The number of amides is 1. The van der Waals surface area contributed by atoms with Crippen LogP contribution in [-0.4, -0.2) is 88.8 Å². The highest BCUT2D eigenvalue weighted by Crippen LogP contribution is 2.43. The van der Waals surface area contributed by atoms with E-state index in [-0.39, 0.29) is 17.9 Å². The van der Waals surface area contributed by atoms with Gasteiger partial charge >= 0.3 is 0 Å². The summed E-state index contributed by atoms with van der Waals surface area (Å²) in [5, 5.41) is 30.4. The number of aliphatic hydroxyl groups excluding tert-OH is 2. The van der Waals surface area contributed by atoms with Gasteiger partial charge in [-0.25, -0.2) is 4.98 Å². The number of aryl methyl sites for hydroxylation is 2. The Morgan fingerprint density at radius 1 is 1.19 bits per heavy atom. The first-order chi connectivity index (χ1) is 17.6. The monoisotopic (exact) mass is 513 g/mol. The van der Waals surface area contributed by atoms with Crippen molar-refractivity contribution in [2.45, 2.75) is 57.8 Å². The summed E-state index contributed by atoms with van der Waals surface area (Å²) in [7, 11) is 1.60. The van der Waals surface area contributed by atoms with Crippen LogP contribution in [0.2, 0.25) is 0 Å². The highest BCUT2D eigenvalue weighted by atomic mass is 16.5. The zero-order valence-corrected chi connectivity index (χ0v) is 22.3. The molecule has 1 unspecified atom stereocenters. The fourth-order valence-corrected chi connectivity index (χ4v) is 5.42. The van der Waals surface area contributed by atoms with E-state index in [1.807, 2.05) is 38.2 Å². The molecule has 202 valence electrons. The van der Waals surface area contributed by atoms with E-state index in [2.05, 4.69) is 22.9 Å². The maximum absolute atomic E-state index is 12.6. The zero-order chi connectivity index (χ0) is 26.9. The lowest BCUT2D eigenvalue weighted by Gasteiger charge is -2.40. The van der Waals surface area contributed by atoms with Crippen molar-refractivity contribution in [3.05, 3.63) is 47.2 Å². The van der Waals surface area contributed by atoms with Gasteiger partial charge in [0, 0.05) is 31.1 Å². The van der Waals surface area contributed by atoms with Gasteiger partial charge in [0.2, 0.25) is 0 Å². The number of aliphatic hydroxyl groups is 3. The van der Waals surface area contributed by atoms with Crippen molar-refractivity contribution in [2.24, 2.45) is 5.92 Å². The Morgan fingerprint density at radius 2 is 1.92 bits per heavy atom. The van der Waals surface area contributed by atoms with Crippen LogP contribution in [0.5, 0.6) is 11.5 Å². The summed E-state index contributed by atoms with van der Waals surface area (Å²) >= 11 is 0. The number of nitrogens with zero attached hydrogens (tertiary/aromatic N) is 3. The SMILES string of the molecule is CC[C@](C)(O)C1CN(C(=O)[C@@H](O)CO)C[C@H]1c1ccc(OC)c(OC2CN(c3ncc(C)cc3C)C2)c1. The molecule has 3 N–H and O–H groups in total. The maximum atomic E-state index is 12.6. The molecule has 4 rings (SSSR count). The van der Waals surface area contributed by atoms with Gasteiger partial charge in [0.25, 0.3) is 5.91 Å². The fraction of sp³-hybridized carbons (Fsp3) is 0.571. The Labute approximate surface area is 218 Å². The lowest BCUT2D eigenvalue weighted by molar-refractivity contribution is -0.141. The second-order valence-electron chi connectivity index (χ2n) is 10.6. The second-order valence-corrected chi connectivity index (χ2v) is 10.6. The van der Waals surface area contributed by atoms with E-state index in [9.17, 15) is 20.1 Å². The van der Waals surface area contributed by atoms with Crippen molar-refractivity contribution in [3.63, 3.8) is 0 Å². The van der Waals surface area contributed by atoms with Crippen LogP contribution in [0.4, 0.5) is 5.82 Å². The zero-order valence-electron chi connectivity index (χ0n) is 22.3. The minimum atomic E-state index is -1.46. The van der Waals surface area contributed by atoms with Gasteiger partial charge in [-0.2, -0.15) is 0 Å². The molecule has 0 saturated carbocycles. The predicted molar refractivity (Wildman–Crippen MR) is 140 cm³/mol. The highest BCUT2D eigenvalue weighted by Gasteiger charge is 2.46. The number of carbonyl (C=O) groups is 1. The number of hydrogen-bond acceptors (Lipinski definition) is 8. The Balaban J connectivity index is 1.53. The van der Waals surface area contributed by atoms with E-state index in [1.165, 1.54) is 4.90 Å². The van der Waals surface area contributed by atoms with Gasteiger partial charge in [-0.15, -0.1) is 0 Å². The number of aromatic nitrogens is 1. The van der Waals surface area contributed by atoms with Crippen molar-refractivity contribution in [1.29, 1.82) is 0 Å². The Kier molecular flexibility index (Phi) is 7.96. The first-order valence-corrected chi connectivity index (χ1v) is 12.9. The average molecular weight is 514 g/mol. The molecule has 0 radical (unpaired) electrons. The number of hydrogen-bond donors (Lipinski definition) is 3. The molecule has 0 spiro atoms. The molecule has 4 atom stereocenters. The molecule has 9 heteroatoms. The smallest absolute Gasteiger partial charge is 0.253 e. The third-order valence-corrected chi connectivity index (χ3v) is 7.85. The standard InChI is InChI=1S/C28H39N3O6/c1-6-28(4,35)22-15-31(27(34)23(33)16-32)14-21(22)19-7-8-24(36-5)25(10-19)37-20-12-30(13-20)26-18(3)9-17(2)11-29-26/h7-11,20-23,32-33,35H,6,12-16H2,1-5H3/t21-,22?,23-,28-/m0/s1. The number of benzene rings is 1. The summed E-state index contributed by atoms with van der Waals surface area (Å²) in [6.07, 6.45) is 0.902. The van der Waals surface area contributed by atoms with E-state index in [4.69, 9.17) is 9.47 Å². The van der Waals surface area contributed by atoms with Crippen LogP contribution in [0.25, 0.3) is 0 Å². The predicted octanol–water partition coefficient (Wildman–Crippen LogP) is 2.03. The van der Waals surface area contributed by atoms with E-state index < -0.39 is 24.2 Å². The van der Waals surface area contributed by atoms with E-state index in [0.29, 0.717) is 44.1 Å². The molecule has 2 aliphatic heterocycles. The fourth-order valence-electron chi connectivity index (χ4n) is 5.42. The van der Waals surface area contributed by atoms with Crippen LogP contribution in [0.1, 0.15) is 42.9 Å². The van der Waals surface area contributed by atoms with Gasteiger partial charge < -0.3 is 34.6 Å². The molecule has 2 saturated heterocycles. The lowest BCUT2D eigenvalue weighted by atomic mass is 9.77. The normalized spacial score (nSPS) is 22.4. The number of likely N-dealkylation sites (tertiary alicyclic amines) is 1. The molecular weight excluding hydrogens is 474 g/mol. The minimum Gasteiger partial charge on any atom is -0.493 e. The van der Waals surface area contributed by atoms with Crippen LogP contribution in [0.15, 0.2) is 30.5 Å². The molecule has 1 aromatic heterocycles. The van der Waals surface area contributed by atoms with Crippen LogP contribution in [0, 0.1) is 19.8 Å². The first-order valence-electron chi connectivity index (χ1n) is 12.9. The van der Waals surface area contributed by atoms with Crippen LogP contribution < -0.4 is 14.4 Å². The Hall–Kier alpha value is -2.88. The van der Waals surface area contributed by atoms with Gasteiger partial charge in [0.15, 0.2) is 17.6 Å². The molecule has 3 heterocycles. The number of rotatable bonds is 9. The molecular formula is C28H39N3O6. The topological polar surface area (TPSA) is 116 Å². The van der Waals surface area contributed by atoms with Crippen molar-refractivity contribution < 1.29 is 29.6 Å². The molecule has 2 fully saturated rings. The lowest BCUT2D eigenvalue weighted by Crippen LogP contribution is -2.54. The van der Waals surface area contributed by atoms with E-state index >= 15 is 0 Å². The summed E-state index contributed by atoms with van der Waals surface area (Å²) in [5.74, 6) is 1.26. The number of methoxy groups -OCH3 is 1. The van der Waals surface area contributed by atoms with Gasteiger partial charge in [-0.1, -0.05) is 19.1 Å². The second kappa shape index (κ2) is 10.8. The number of pyridine rings is 1. The van der Waals surface area contributed by atoms with Crippen molar-refractivity contribution in [1.82, 2.24) is 9.88 Å². The number of carbonyl (C=O) groups excluding carboxylic acids is 1. The third-order valence-electron chi connectivity index (χ3n) is 7.85. The van der Waals surface area contributed by atoms with E-state index in [0.717, 1.165) is 22.5 Å². The van der Waals surface area contributed by atoms with Crippen molar-refractivity contribution in [2.75, 3.05) is 44.8 Å². The third kappa shape index (κ3) is 5.54. The first kappa shape index (κ1) is 27.2. The minimum absolute atomic E-state index is 0.0254. The molecule has 0 bridgehead atoms. The van der Waals surface area contributed by atoms with Crippen molar-refractivity contribution in [3.8, 4) is 11.5 Å². The van der Waals surface area contributed by atoms with Gasteiger partial charge in [0.1, 0.15) is 11.9 Å². The summed E-state index contributed by atoms with van der Waals surface area (Å²) < 4.78 is 11.9. The highest BCUT2D eigenvalue weighted by molar-refractivity contribution is 5.81. The largest absolute Gasteiger partial charge is 0.493 e. The Bertz CT molecular complexity index is 1120. The molecule has 9 nitrogen and oxygen atoms in total. The van der Waals surface area contributed by atoms with Gasteiger partial charge in [-0.3, -0.25) is 4.79 Å². The molecule has 1 amide bonds. The Morgan fingerprint density at radius 3 is 2.54 bits per heavy atom. The quantitative estimate of drug-likeness (QED) is 0.467. The van der Waals surface area contributed by atoms with Crippen LogP contribution in [0.3, 0.4) is 0 Å². The summed E-state index contributed by atoms with van der Waals surface area (Å²) in [6, 6.07) is 7.87.